The fraction of sp³-hybridized carbons (Fsp3) is 0.917. The molecule has 1 unspecified atom stereocenters. The molecule has 1 atom stereocenters. The lowest BCUT2D eigenvalue weighted by Crippen LogP contribution is -2.42. The molecule has 0 saturated heterocycles. The van der Waals surface area contributed by atoms with Gasteiger partial charge in [0.2, 0.25) is 0 Å². The maximum absolute atomic E-state index is 11.4. The van der Waals surface area contributed by atoms with E-state index in [-0.39, 0.29) is 0 Å². The highest BCUT2D eigenvalue weighted by Crippen LogP contribution is 2.19. The molecule has 0 amide bonds. The molecule has 0 aliphatic heterocycles. The highest BCUT2D eigenvalue weighted by atomic mass is 16.5. The molecular formula is C12H23NO3. The van der Waals surface area contributed by atoms with Crippen molar-refractivity contribution in [1.29, 1.82) is 0 Å². The summed E-state index contributed by atoms with van der Waals surface area (Å²) in [4.78, 5) is 13.8. The van der Waals surface area contributed by atoms with Crippen LogP contribution in [0.15, 0.2) is 0 Å². The number of nitrogens with zero attached hydrogens (tertiary/aromatic N) is 1. The number of ether oxygens (including phenoxy) is 2. The van der Waals surface area contributed by atoms with Crippen molar-refractivity contribution in [3.05, 3.63) is 0 Å². The van der Waals surface area contributed by atoms with Crippen LogP contribution in [-0.4, -0.2) is 57.2 Å². The minimum Gasteiger partial charge on any atom is -0.383 e. The van der Waals surface area contributed by atoms with E-state index in [2.05, 4.69) is 4.90 Å². The summed E-state index contributed by atoms with van der Waals surface area (Å²) in [5.74, 6) is 0.399. The minimum absolute atomic E-state index is 0.395. The second-order valence-corrected chi connectivity index (χ2v) is 4.31. The third-order valence-corrected chi connectivity index (χ3v) is 3.14. The summed E-state index contributed by atoms with van der Waals surface area (Å²) >= 11 is 0. The van der Waals surface area contributed by atoms with E-state index >= 15 is 0 Å². The van der Waals surface area contributed by atoms with Crippen LogP contribution in [0.1, 0.15) is 25.7 Å². The number of methoxy groups -OCH3 is 2. The topological polar surface area (TPSA) is 38.8 Å². The van der Waals surface area contributed by atoms with Crippen molar-refractivity contribution in [3.8, 4) is 0 Å². The maximum atomic E-state index is 11.4. The quantitative estimate of drug-likeness (QED) is 0.655. The Kier molecular flexibility index (Phi) is 6.61. The van der Waals surface area contributed by atoms with Crippen LogP contribution in [0.4, 0.5) is 0 Å². The Morgan fingerprint density at radius 1 is 1.25 bits per heavy atom. The van der Waals surface area contributed by atoms with Gasteiger partial charge in [-0.3, -0.25) is 9.69 Å². The van der Waals surface area contributed by atoms with Crippen LogP contribution in [-0.2, 0) is 14.3 Å². The molecule has 94 valence electrons. The van der Waals surface area contributed by atoms with Crippen LogP contribution in [0, 0.1) is 0 Å². The summed E-state index contributed by atoms with van der Waals surface area (Å²) in [6, 6.07) is 0.395. The molecule has 0 aromatic heterocycles. The number of hydrogen-bond acceptors (Lipinski definition) is 4. The van der Waals surface area contributed by atoms with Gasteiger partial charge in [0.1, 0.15) is 5.78 Å². The Balaban J connectivity index is 2.41. The molecule has 1 aliphatic rings. The van der Waals surface area contributed by atoms with E-state index in [0.29, 0.717) is 31.5 Å². The Morgan fingerprint density at radius 3 is 2.38 bits per heavy atom. The fourth-order valence-electron chi connectivity index (χ4n) is 2.21. The molecular weight excluding hydrogens is 206 g/mol. The first-order valence-electron chi connectivity index (χ1n) is 6.01. The molecule has 0 aromatic rings. The van der Waals surface area contributed by atoms with E-state index in [0.717, 1.165) is 32.4 Å². The monoisotopic (exact) mass is 229 g/mol. The minimum atomic E-state index is 0.395. The zero-order chi connectivity index (χ0) is 11.8. The molecule has 4 heteroatoms. The average Bonchev–Trinajstić information content (AvgIpc) is 2.29. The van der Waals surface area contributed by atoms with Gasteiger partial charge in [-0.15, -0.1) is 0 Å². The summed E-state index contributed by atoms with van der Waals surface area (Å²) in [5, 5.41) is 0. The van der Waals surface area contributed by atoms with Crippen molar-refractivity contribution < 1.29 is 14.3 Å². The lowest BCUT2D eigenvalue weighted by Gasteiger charge is -2.33. The van der Waals surface area contributed by atoms with Gasteiger partial charge in [-0.1, -0.05) is 0 Å². The summed E-state index contributed by atoms with van der Waals surface area (Å²) in [6.45, 7) is 3.21. The molecule has 1 fully saturated rings. The number of carbonyl (C=O) groups is 1. The first-order valence-corrected chi connectivity index (χ1v) is 6.01. The van der Waals surface area contributed by atoms with Crippen molar-refractivity contribution >= 4 is 5.78 Å². The maximum Gasteiger partial charge on any atom is 0.134 e. The van der Waals surface area contributed by atoms with Gasteiger partial charge < -0.3 is 9.47 Å². The van der Waals surface area contributed by atoms with Crippen molar-refractivity contribution in [2.45, 2.75) is 31.7 Å². The molecule has 16 heavy (non-hydrogen) atoms. The highest BCUT2D eigenvalue weighted by Gasteiger charge is 2.24. The molecule has 1 rings (SSSR count). The van der Waals surface area contributed by atoms with Gasteiger partial charge in [0.05, 0.1) is 13.2 Å². The standard InChI is InChI=1S/C12H23NO3/c1-15-8-6-13(7-9-16-2)11-4-3-5-12(14)10-11/h11H,3-10H2,1-2H3. The smallest absolute Gasteiger partial charge is 0.134 e. The first-order chi connectivity index (χ1) is 7.77. The van der Waals surface area contributed by atoms with Crippen LogP contribution >= 0.6 is 0 Å². The van der Waals surface area contributed by atoms with Crippen LogP contribution in [0.25, 0.3) is 0 Å². The zero-order valence-corrected chi connectivity index (χ0v) is 10.4. The average molecular weight is 229 g/mol. The molecule has 0 aromatic carbocycles. The first kappa shape index (κ1) is 13.6. The number of rotatable bonds is 7. The zero-order valence-electron chi connectivity index (χ0n) is 10.4. The van der Waals surface area contributed by atoms with Crippen molar-refractivity contribution in [2.75, 3.05) is 40.5 Å². The Morgan fingerprint density at radius 2 is 1.88 bits per heavy atom. The van der Waals surface area contributed by atoms with Gasteiger partial charge in [0, 0.05) is 46.2 Å². The fourth-order valence-corrected chi connectivity index (χ4v) is 2.21. The van der Waals surface area contributed by atoms with E-state index in [1.165, 1.54) is 0 Å². The van der Waals surface area contributed by atoms with Crippen molar-refractivity contribution in [1.82, 2.24) is 4.90 Å². The number of carbonyl (C=O) groups excluding carboxylic acids is 1. The predicted molar refractivity (Wildman–Crippen MR) is 62.6 cm³/mol. The summed E-state index contributed by atoms with van der Waals surface area (Å²) in [6.07, 6.45) is 3.62. The van der Waals surface area contributed by atoms with Crippen molar-refractivity contribution in [2.24, 2.45) is 0 Å². The van der Waals surface area contributed by atoms with Crippen molar-refractivity contribution in [3.63, 3.8) is 0 Å². The normalized spacial score (nSPS) is 21.7. The number of hydrogen-bond donors (Lipinski definition) is 0. The largest absolute Gasteiger partial charge is 0.383 e. The number of Topliss-reactive ketones (excluding diaryl/α,β-unsaturated/α-hetero) is 1. The second-order valence-electron chi connectivity index (χ2n) is 4.31. The third-order valence-electron chi connectivity index (χ3n) is 3.14. The highest BCUT2D eigenvalue weighted by molar-refractivity contribution is 5.79. The molecule has 0 N–H and O–H groups in total. The lowest BCUT2D eigenvalue weighted by molar-refractivity contribution is -0.122. The summed E-state index contributed by atoms with van der Waals surface area (Å²) < 4.78 is 10.2. The third kappa shape index (κ3) is 4.60. The van der Waals surface area contributed by atoms with Gasteiger partial charge in [-0.2, -0.15) is 0 Å². The van der Waals surface area contributed by atoms with E-state index in [4.69, 9.17) is 9.47 Å². The van der Waals surface area contributed by atoms with E-state index < -0.39 is 0 Å². The van der Waals surface area contributed by atoms with Gasteiger partial charge in [-0.25, -0.2) is 0 Å². The van der Waals surface area contributed by atoms with E-state index in [1.54, 1.807) is 14.2 Å². The van der Waals surface area contributed by atoms with E-state index in [9.17, 15) is 4.79 Å². The van der Waals surface area contributed by atoms with E-state index in [1.807, 2.05) is 0 Å². The van der Waals surface area contributed by atoms with Gasteiger partial charge in [-0.05, 0) is 12.8 Å². The van der Waals surface area contributed by atoms with Crippen LogP contribution in [0.3, 0.4) is 0 Å². The van der Waals surface area contributed by atoms with Crippen LogP contribution in [0.2, 0.25) is 0 Å². The summed E-state index contributed by atoms with van der Waals surface area (Å²) in [5.41, 5.74) is 0. The molecule has 0 spiro atoms. The predicted octanol–water partition coefficient (Wildman–Crippen LogP) is 1.09. The molecule has 0 radical (unpaired) electrons. The lowest BCUT2D eigenvalue weighted by atomic mass is 9.93. The van der Waals surface area contributed by atoms with Gasteiger partial charge in [0.25, 0.3) is 0 Å². The SMILES string of the molecule is COCCN(CCOC)C1CCCC(=O)C1. The second kappa shape index (κ2) is 7.76. The molecule has 1 saturated carbocycles. The molecule has 1 aliphatic carbocycles. The van der Waals surface area contributed by atoms with Crippen LogP contribution in [0.5, 0.6) is 0 Å². The van der Waals surface area contributed by atoms with Gasteiger partial charge in [0.15, 0.2) is 0 Å². The Labute approximate surface area is 97.9 Å². The molecule has 0 heterocycles. The Bertz CT molecular complexity index is 200. The van der Waals surface area contributed by atoms with Crippen LogP contribution < -0.4 is 0 Å². The number of ketones is 1. The summed E-state index contributed by atoms with van der Waals surface area (Å²) in [7, 11) is 3.42. The van der Waals surface area contributed by atoms with Gasteiger partial charge >= 0.3 is 0 Å². The Hall–Kier alpha value is -0.450. The molecule has 0 bridgehead atoms. The molecule has 4 nitrogen and oxygen atoms in total.